The van der Waals surface area contributed by atoms with Gasteiger partial charge in [-0.1, -0.05) is 0 Å². The smallest absolute Gasteiger partial charge is 0.222 e. The van der Waals surface area contributed by atoms with Crippen LogP contribution in [0.2, 0.25) is 0 Å². The molecule has 2 atom stereocenters. The molecule has 0 aromatic carbocycles. The van der Waals surface area contributed by atoms with E-state index in [1.54, 1.807) is 11.3 Å². The molecule has 3 nitrogen and oxygen atoms in total. The van der Waals surface area contributed by atoms with E-state index in [2.05, 4.69) is 16.8 Å². The number of rotatable bonds is 3. The standard InChI is InChI=1S/C12H18N2OS.ClH/c1-8(13)7-12(15)14-10-3-2-4-11-9(10)5-6-16-11;/h5-6,8,10H,2-4,7,13H2,1H3,(H,14,15);1H. The fourth-order valence-corrected chi connectivity index (χ4v) is 3.17. The van der Waals surface area contributed by atoms with E-state index in [0.29, 0.717) is 6.42 Å². The third-order valence-electron chi connectivity index (χ3n) is 2.89. The Morgan fingerprint density at radius 3 is 3.18 bits per heavy atom. The van der Waals surface area contributed by atoms with Crippen molar-refractivity contribution >= 4 is 29.7 Å². The third kappa shape index (κ3) is 3.69. The second-order valence-electron chi connectivity index (χ2n) is 4.49. The lowest BCUT2D eigenvalue weighted by atomic mass is 9.94. The second-order valence-corrected chi connectivity index (χ2v) is 5.49. The lowest BCUT2D eigenvalue weighted by Gasteiger charge is -2.24. The molecule has 0 saturated heterocycles. The van der Waals surface area contributed by atoms with Crippen molar-refractivity contribution in [3.05, 3.63) is 21.9 Å². The van der Waals surface area contributed by atoms with Crippen LogP contribution >= 0.6 is 23.7 Å². The number of carbonyl (C=O) groups excluding carboxylic acids is 1. The zero-order chi connectivity index (χ0) is 11.5. The third-order valence-corrected chi connectivity index (χ3v) is 3.89. The molecule has 0 bridgehead atoms. The molecule has 1 aromatic rings. The van der Waals surface area contributed by atoms with E-state index in [1.165, 1.54) is 10.4 Å². The summed E-state index contributed by atoms with van der Waals surface area (Å²) in [4.78, 5) is 13.1. The van der Waals surface area contributed by atoms with E-state index in [0.717, 1.165) is 19.3 Å². The van der Waals surface area contributed by atoms with Gasteiger partial charge in [-0.15, -0.1) is 23.7 Å². The SMILES string of the molecule is CC(N)CC(=O)NC1CCCc2sccc21.Cl. The van der Waals surface area contributed by atoms with Gasteiger partial charge in [0.05, 0.1) is 6.04 Å². The minimum absolute atomic E-state index is 0. The summed E-state index contributed by atoms with van der Waals surface area (Å²) in [7, 11) is 0. The number of carbonyl (C=O) groups is 1. The van der Waals surface area contributed by atoms with Gasteiger partial charge in [-0.25, -0.2) is 0 Å². The van der Waals surface area contributed by atoms with Crippen molar-refractivity contribution in [2.24, 2.45) is 5.73 Å². The molecule has 2 unspecified atom stereocenters. The minimum Gasteiger partial charge on any atom is -0.349 e. The molecule has 1 heterocycles. The van der Waals surface area contributed by atoms with Crippen LogP contribution in [0, 0.1) is 0 Å². The molecule has 1 amide bonds. The molecule has 0 fully saturated rings. The van der Waals surface area contributed by atoms with Gasteiger partial charge in [0.15, 0.2) is 0 Å². The maximum Gasteiger partial charge on any atom is 0.222 e. The van der Waals surface area contributed by atoms with E-state index in [9.17, 15) is 4.79 Å². The number of fused-ring (bicyclic) bond motifs is 1. The number of nitrogens with two attached hydrogens (primary N) is 1. The van der Waals surface area contributed by atoms with Crippen LogP contribution < -0.4 is 11.1 Å². The van der Waals surface area contributed by atoms with Crippen molar-refractivity contribution < 1.29 is 4.79 Å². The molecule has 17 heavy (non-hydrogen) atoms. The van der Waals surface area contributed by atoms with Crippen LogP contribution in [-0.4, -0.2) is 11.9 Å². The Labute approximate surface area is 112 Å². The van der Waals surface area contributed by atoms with E-state index < -0.39 is 0 Å². The van der Waals surface area contributed by atoms with Crippen LogP contribution in [0.4, 0.5) is 0 Å². The highest BCUT2D eigenvalue weighted by atomic mass is 35.5. The molecular formula is C12H19ClN2OS. The van der Waals surface area contributed by atoms with Crippen LogP contribution in [0.3, 0.4) is 0 Å². The first-order chi connectivity index (χ1) is 7.66. The van der Waals surface area contributed by atoms with Crippen molar-refractivity contribution in [1.82, 2.24) is 5.32 Å². The number of thiophene rings is 1. The first kappa shape index (κ1) is 14.5. The quantitative estimate of drug-likeness (QED) is 0.889. The summed E-state index contributed by atoms with van der Waals surface area (Å²) >= 11 is 1.79. The van der Waals surface area contributed by atoms with E-state index >= 15 is 0 Å². The van der Waals surface area contributed by atoms with Crippen molar-refractivity contribution in [1.29, 1.82) is 0 Å². The van der Waals surface area contributed by atoms with Gasteiger partial charge in [0, 0.05) is 17.3 Å². The summed E-state index contributed by atoms with van der Waals surface area (Å²) in [5.41, 5.74) is 6.93. The fourth-order valence-electron chi connectivity index (χ4n) is 2.18. The second kappa shape index (κ2) is 6.38. The highest BCUT2D eigenvalue weighted by Crippen LogP contribution is 2.33. The van der Waals surface area contributed by atoms with Gasteiger partial charge >= 0.3 is 0 Å². The number of nitrogens with one attached hydrogen (secondary N) is 1. The Morgan fingerprint density at radius 2 is 2.47 bits per heavy atom. The number of aryl methyl sites for hydroxylation is 1. The maximum atomic E-state index is 11.7. The first-order valence-electron chi connectivity index (χ1n) is 5.78. The van der Waals surface area contributed by atoms with Crippen LogP contribution in [0.15, 0.2) is 11.4 Å². The predicted octanol–water partition coefficient (Wildman–Crippen LogP) is 2.40. The largest absolute Gasteiger partial charge is 0.349 e. The van der Waals surface area contributed by atoms with Gasteiger partial charge in [-0.05, 0) is 43.2 Å². The minimum atomic E-state index is -0.0643. The normalized spacial score (nSPS) is 20.0. The van der Waals surface area contributed by atoms with Crippen molar-refractivity contribution in [2.45, 2.75) is 44.7 Å². The topological polar surface area (TPSA) is 55.1 Å². The predicted molar refractivity (Wildman–Crippen MR) is 73.7 cm³/mol. The van der Waals surface area contributed by atoms with Gasteiger partial charge < -0.3 is 11.1 Å². The molecule has 0 saturated carbocycles. The maximum absolute atomic E-state index is 11.7. The highest BCUT2D eigenvalue weighted by molar-refractivity contribution is 7.10. The molecule has 1 aliphatic rings. The van der Waals surface area contributed by atoms with Crippen LogP contribution in [0.1, 0.15) is 42.7 Å². The zero-order valence-electron chi connectivity index (χ0n) is 9.94. The molecule has 1 aliphatic carbocycles. The Bertz CT molecular complexity index is 378. The number of hydrogen-bond acceptors (Lipinski definition) is 3. The summed E-state index contributed by atoms with van der Waals surface area (Å²) in [6, 6.07) is 2.28. The Balaban J connectivity index is 0.00000144. The van der Waals surface area contributed by atoms with Crippen LogP contribution in [0.25, 0.3) is 0 Å². The molecule has 3 N–H and O–H groups in total. The molecule has 5 heteroatoms. The van der Waals surface area contributed by atoms with Gasteiger partial charge in [0.25, 0.3) is 0 Å². The molecule has 2 rings (SSSR count). The lowest BCUT2D eigenvalue weighted by Crippen LogP contribution is -2.34. The molecule has 96 valence electrons. The van der Waals surface area contributed by atoms with Gasteiger partial charge in [0.1, 0.15) is 0 Å². The molecule has 1 aromatic heterocycles. The van der Waals surface area contributed by atoms with E-state index in [-0.39, 0.29) is 30.4 Å². The molecule has 0 spiro atoms. The molecule has 0 aliphatic heterocycles. The van der Waals surface area contributed by atoms with Crippen molar-refractivity contribution in [3.63, 3.8) is 0 Å². The molecular weight excluding hydrogens is 256 g/mol. The monoisotopic (exact) mass is 274 g/mol. The average molecular weight is 275 g/mol. The van der Waals surface area contributed by atoms with Gasteiger partial charge in [-0.3, -0.25) is 4.79 Å². The van der Waals surface area contributed by atoms with Crippen LogP contribution in [-0.2, 0) is 11.2 Å². The summed E-state index contributed by atoms with van der Waals surface area (Å²) < 4.78 is 0. The first-order valence-corrected chi connectivity index (χ1v) is 6.66. The van der Waals surface area contributed by atoms with E-state index in [1.807, 2.05) is 6.92 Å². The lowest BCUT2D eigenvalue weighted by molar-refractivity contribution is -0.122. The fraction of sp³-hybridized carbons (Fsp3) is 0.583. The highest BCUT2D eigenvalue weighted by Gasteiger charge is 2.22. The number of hydrogen-bond donors (Lipinski definition) is 2. The summed E-state index contributed by atoms with van der Waals surface area (Å²) in [5, 5.41) is 5.19. The Morgan fingerprint density at radius 1 is 1.71 bits per heavy atom. The van der Waals surface area contributed by atoms with Gasteiger partial charge in [0.2, 0.25) is 5.91 Å². The Hall–Kier alpha value is -0.580. The van der Waals surface area contributed by atoms with Gasteiger partial charge in [-0.2, -0.15) is 0 Å². The zero-order valence-corrected chi connectivity index (χ0v) is 11.6. The van der Waals surface area contributed by atoms with Crippen molar-refractivity contribution in [2.75, 3.05) is 0 Å². The number of halogens is 1. The Kier molecular flexibility index (Phi) is 5.43. The average Bonchev–Trinajstić information content (AvgIpc) is 2.65. The summed E-state index contributed by atoms with van der Waals surface area (Å²) in [6.07, 6.45) is 3.79. The number of amides is 1. The summed E-state index contributed by atoms with van der Waals surface area (Å²) in [5.74, 6) is 0.0686. The van der Waals surface area contributed by atoms with Crippen molar-refractivity contribution in [3.8, 4) is 0 Å². The summed E-state index contributed by atoms with van der Waals surface area (Å²) in [6.45, 7) is 1.86. The molecule has 0 radical (unpaired) electrons. The van der Waals surface area contributed by atoms with E-state index in [4.69, 9.17) is 5.73 Å². The van der Waals surface area contributed by atoms with Crippen LogP contribution in [0.5, 0.6) is 0 Å².